The Bertz CT molecular complexity index is 703. The first-order chi connectivity index (χ1) is 10.4. The fourth-order valence-corrected chi connectivity index (χ4v) is 4.74. The fraction of sp³-hybridized carbons (Fsp3) is 0.500. The van der Waals surface area contributed by atoms with Crippen LogP contribution >= 0.6 is 15.9 Å². The van der Waals surface area contributed by atoms with E-state index in [1.807, 2.05) is 0 Å². The van der Waals surface area contributed by atoms with Gasteiger partial charge in [0, 0.05) is 10.5 Å². The molecule has 1 saturated heterocycles. The van der Waals surface area contributed by atoms with Crippen molar-refractivity contribution in [3.8, 4) is 11.5 Å². The molecule has 0 bridgehead atoms. The molecule has 0 aromatic heterocycles. The molecule has 1 amide bonds. The Balaban J connectivity index is 1.66. The summed E-state index contributed by atoms with van der Waals surface area (Å²) in [5.74, 6) is 1.26. The normalized spacial score (nSPS) is 22.3. The summed E-state index contributed by atoms with van der Waals surface area (Å²) in [7, 11) is -2.99. The van der Waals surface area contributed by atoms with Crippen LogP contribution in [0.3, 0.4) is 0 Å². The Morgan fingerprint density at radius 2 is 1.95 bits per heavy atom. The topological polar surface area (TPSA) is 81.7 Å². The van der Waals surface area contributed by atoms with Crippen molar-refractivity contribution in [2.75, 3.05) is 24.7 Å². The first-order valence-electron chi connectivity index (χ1n) is 7.01. The summed E-state index contributed by atoms with van der Waals surface area (Å²) in [6.45, 7) is 0.996. The summed E-state index contributed by atoms with van der Waals surface area (Å²) < 4.78 is 34.6. The summed E-state index contributed by atoms with van der Waals surface area (Å²) in [6, 6.07) is 3.29. The molecule has 0 spiro atoms. The minimum absolute atomic E-state index is 0.0288. The molecule has 8 heteroatoms. The number of carbonyl (C=O) groups is 1. The lowest BCUT2D eigenvalue weighted by atomic mass is 10.1. The number of amides is 1. The van der Waals surface area contributed by atoms with Crippen molar-refractivity contribution in [3.05, 3.63) is 22.2 Å². The van der Waals surface area contributed by atoms with Crippen molar-refractivity contribution < 1.29 is 22.7 Å². The van der Waals surface area contributed by atoms with Gasteiger partial charge in [0.1, 0.15) is 13.2 Å². The van der Waals surface area contributed by atoms with Gasteiger partial charge in [0.15, 0.2) is 21.3 Å². The number of fused-ring (bicyclic) bond motifs is 1. The maximum atomic E-state index is 12.1. The molecule has 120 valence electrons. The lowest BCUT2D eigenvalue weighted by molar-refractivity contribution is -0.121. The van der Waals surface area contributed by atoms with Gasteiger partial charge in [-0.15, -0.1) is 0 Å². The van der Waals surface area contributed by atoms with Crippen LogP contribution in [-0.4, -0.2) is 45.1 Å². The molecular weight excluding hydrogens is 374 g/mol. The zero-order valence-electron chi connectivity index (χ0n) is 11.8. The van der Waals surface area contributed by atoms with Crippen molar-refractivity contribution in [2.24, 2.45) is 0 Å². The smallest absolute Gasteiger partial charge is 0.224 e. The average molecular weight is 390 g/mol. The maximum absolute atomic E-state index is 12.1. The van der Waals surface area contributed by atoms with E-state index in [4.69, 9.17) is 9.47 Å². The number of hydrogen-bond donors (Lipinski definition) is 1. The largest absolute Gasteiger partial charge is 0.486 e. The van der Waals surface area contributed by atoms with E-state index >= 15 is 0 Å². The van der Waals surface area contributed by atoms with Crippen molar-refractivity contribution >= 4 is 31.7 Å². The first kappa shape index (κ1) is 15.6. The van der Waals surface area contributed by atoms with Crippen molar-refractivity contribution in [1.29, 1.82) is 0 Å². The van der Waals surface area contributed by atoms with Crippen LogP contribution in [0.1, 0.15) is 12.0 Å². The van der Waals surface area contributed by atoms with Crippen LogP contribution in [0.4, 0.5) is 0 Å². The second-order valence-electron chi connectivity index (χ2n) is 5.43. The SMILES string of the molecule is O=C(Cc1cc2c(cc1Br)OCCO2)N[C@H]1CCS(=O)(=O)C1. The first-order valence-corrected chi connectivity index (χ1v) is 9.62. The van der Waals surface area contributed by atoms with Gasteiger partial charge in [0.05, 0.1) is 17.9 Å². The number of hydrogen-bond acceptors (Lipinski definition) is 5. The third-order valence-corrected chi connectivity index (χ3v) is 6.17. The molecule has 3 rings (SSSR count). The minimum atomic E-state index is -2.99. The summed E-state index contributed by atoms with van der Waals surface area (Å²) >= 11 is 3.42. The highest BCUT2D eigenvalue weighted by atomic mass is 79.9. The number of nitrogens with one attached hydrogen (secondary N) is 1. The van der Waals surface area contributed by atoms with E-state index < -0.39 is 9.84 Å². The minimum Gasteiger partial charge on any atom is -0.486 e. The molecule has 2 heterocycles. The van der Waals surface area contributed by atoms with Gasteiger partial charge in [0.2, 0.25) is 5.91 Å². The molecule has 1 aromatic rings. The van der Waals surface area contributed by atoms with Crippen LogP contribution < -0.4 is 14.8 Å². The van der Waals surface area contributed by atoms with Gasteiger partial charge in [-0.25, -0.2) is 8.42 Å². The predicted octanol–water partition coefficient (Wildman–Crippen LogP) is 1.07. The number of carbonyl (C=O) groups excluding carboxylic acids is 1. The zero-order valence-corrected chi connectivity index (χ0v) is 14.2. The van der Waals surface area contributed by atoms with E-state index in [0.717, 1.165) is 10.0 Å². The molecule has 0 aliphatic carbocycles. The molecular formula is C14H16BrNO5S. The second kappa shape index (κ2) is 6.08. The fourth-order valence-electron chi connectivity index (χ4n) is 2.60. The summed E-state index contributed by atoms with van der Waals surface area (Å²) in [5.41, 5.74) is 0.780. The van der Waals surface area contributed by atoms with Gasteiger partial charge in [-0.2, -0.15) is 0 Å². The second-order valence-corrected chi connectivity index (χ2v) is 8.51. The molecule has 0 saturated carbocycles. The Kier molecular flexibility index (Phi) is 4.31. The van der Waals surface area contributed by atoms with Crippen molar-refractivity contribution in [3.63, 3.8) is 0 Å². The molecule has 1 atom stereocenters. The van der Waals surface area contributed by atoms with Crippen molar-refractivity contribution in [2.45, 2.75) is 18.9 Å². The standard InChI is InChI=1S/C14H16BrNO5S/c15-11-7-13-12(20-2-3-21-13)5-9(11)6-14(17)16-10-1-4-22(18,19)8-10/h5,7,10H,1-4,6,8H2,(H,16,17)/t10-/m0/s1. The van der Waals surface area contributed by atoms with Crippen molar-refractivity contribution in [1.82, 2.24) is 5.32 Å². The Morgan fingerprint density at radius 3 is 2.59 bits per heavy atom. The third-order valence-electron chi connectivity index (χ3n) is 3.66. The monoisotopic (exact) mass is 389 g/mol. The molecule has 22 heavy (non-hydrogen) atoms. The average Bonchev–Trinajstić information content (AvgIpc) is 2.78. The quantitative estimate of drug-likeness (QED) is 0.835. The summed E-state index contributed by atoms with van der Waals surface area (Å²) in [6.07, 6.45) is 0.643. The van der Waals surface area contributed by atoms with E-state index in [1.165, 1.54) is 0 Å². The van der Waals surface area contributed by atoms with Gasteiger partial charge in [-0.3, -0.25) is 4.79 Å². The summed E-state index contributed by atoms with van der Waals surface area (Å²) in [4.78, 5) is 12.1. The van der Waals surface area contributed by atoms with E-state index in [1.54, 1.807) is 12.1 Å². The summed E-state index contributed by atoms with van der Waals surface area (Å²) in [5, 5.41) is 2.78. The molecule has 1 N–H and O–H groups in total. The van der Waals surface area contributed by atoms with Crippen LogP contribution in [0.25, 0.3) is 0 Å². The van der Waals surface area contributed by atoms with Gasteiger partial charge >= 0.3 is 0 Å². The highest BCUT2D eigenvalue weighted by molar-refractivity contribution is 9.10. The number of benzene rings is 1. The van der Waals surface area contributed by atoms with Gasteiger partial charge in [0.25, 0.3) is 0 Å². The van der Waals surface area contributed by atoms with Crippen LogP contribution in [0, 0.1) is 0 Å². The Hall–Kier alpha value is -1.28. The molecule has 2 aliphatic rings. The number of ether oxygens (including phenoxy) is 2. The van der Waals surface area contributed by atoms with E-state index in [0.29, 0.717) is 31.1 Å². The molecule has 0 unspecified atom stereocenters. The highest BCUT2D eigenvalue weighted by Gasteiger charge is 2.29. The van der Waals surface area contributed by atoms with Gasteiger partial charge in [-0.05, 0) is 24.1 Å². The van der Waals surface area contributed by atoms with E-state index in [9.17, 15) is 13.2 Å². The third kappa shape index (κ3) is 3.55. The molecule has 2 aliphatic heterocycles. The Morgan fingerprint density at radius 1 is 1.27 bits per heavy atom. The lowest BCUT2D eigenvalue weighted by Crippen LogP contribution is -2.36. The van der Waals surface area contributed by atoms with Crippen LogP contribution in [0.2, 0.25) is 0 Å². The Labute approximate surface area is 137 Å². The number of sulfone groups is 1. The van der Waals surface area contributed by atoms with Crippen LogP contribution in [-0.2, 0) is 21.1 Å². The van der Waals surface area contributed by atoms with Crippen LogP contribution in [0.5, 0.6) is 11.5 Å². The highest BCUT2D eigenvalue weighted by Crippen LogP contribution is 2.35. The molecule has 0 radical (unpaired) electrons. The molecule has 1 fully saturated rings. The van der Waals surface area contributed by atoms with E-state index in [-0.39, 0.29) is 29.9 Å². The zero-order chi connectivity index (χ0) is 15.7. The molecule has 6 nitrogen and oxygen atoms in total. The van der Waals surface area contributed by atoms with Gasteiger partial charge in [-0.1, -0.05) is 15.9 Å². The maximum Gasteiger partial charge on any atom is 0.224 e. The molecule has 1 aromatic carbocycles. The lowest BCUT2D eigenvalue weighted by Gasteiger charge is -2.20. The van der Waals surface area contributed by atoms with E-state index in [2.05, 4.69) is 21.2 Å². The van der Waals surface area contributed by atoms with Gasteiger partial charge < -0.3 is 14.8 Å². The van der Waals surface area contributed by atoms with Crippen LogP contribution in [0.15, 0.2) is 16.6 Å². The predicted molar refractivity (Wildman–Crippen MR) is 84.0 cm³/mol. The number of halogens is 1. The number of rotatable bonds is 3.